The van der Waals surface area contributed by atoms with Crippen LogP contribution in [0, 0.1) is 12.8 Å². The molecule has 1 fully saturated rings. The molecule has 0 spiro atoms. The van der Waals surface area contributed by atoms with Crippen LogP contribution in [0.3, 0.4) is 0 Å². The maximum absolute atomic E-state index is 13.2. The van der Waals surface area contributed by atoms with Crippen molar-refractivity contribution in [1.29, 1.82) is 0 Å². The van der Waals surface area contributed by atoms with Crippen molar-refractivity contribution in [2.45, 2.75) is 39.0 Å². The molecule has 1 aliphatic heterocycles. The molecular formula is C22H28N2O2. The van der Waals surface area contributed by atoms with Crippen molar-refractivity contribution in [1.82, 2.24) is 4.90 Å². The van der Waals surface area contributed by atoms with Gasteiger partial charge in [-0.05, 0) is 30.5 Å². The molecule has 4 heteroatoms. The van der Waals surface area contributed by atoms with Crippen molar-refractivity contribution in [3.63, 3.8) is 0 Å². The summed E-state index contributed by atoms with van der Waals surface area (Å²) in [6, 6.07) is 17.8. The number of ether oxygens (including phenoxy) is 1. The molecule has 26 heavy (non-hydrogen) atoms. The fourth-order valence-corrected chi connectivity index (χ4v) is 3.58. The molecule has 0 aliphatic carbocycles. The molecule has 2 aromatic carbocycles. The van der Waals surface area contributed by atoms with E-state index in [1.807, 2.05) is 61.2 Å². The zero-order valence-electron chi connectivity index (χ0n) is 15.8. The van der Waals surface area contributed by atoms with Gasteiger partial charge < -0.3 is 15.4 Å². The zero-order valence-corrected chi connectivity index (χ0v) is 15.8. The van der Waals surface area contributed by atoms with Gasteiger partial charge in [-0.2, -0.15) is 0 Å². The average molecular weight is 352 g/mol. The molecule has 1 saturated heterocycles. The summed E-state index contributed by atoms with van der Waals surface area (Å²) in [6.45, 7) is 7.14. The highest BCUT2D eigenvalue weighted by Gasteiger charge is 2.35. The van der Waals surface area contributed by atoms with E-state index < -0.39 is 0 Å². The molecule has 4 atom stereocenters. The molecule has 0 bridgehead atoms. The largest absolute Gasteiger partial charge is 0.370 e. The minimum atomic E-state index is -0.310. The number of nitrogens with zero attached hydrogens (tertiary/aromatic N) is 1. The van der Waals surface area contributed by atoms with E-state index in [0.29, 0.717) is 13.2 Å². The molecule has 1 aliphatic rings. The number of nitrogens with two attached hydrogens (primary N) is 1. The van der Waals surface area contributed by atoms with Crippen LogP contribution >= 0.6 is 0 Å². The molecule has 0 aromatic heterocycles. The maximum Gasteiger partial charge on any atom is 0.227 e. The van der Waals surface area contributed by atoms with E-state index in [-0.39, 0.29) is 30.0 Å². The van der Waals surface area contributed by atoms with Gasteiger partial charge in [0.15, 0.2) is 0 Å². The van der Waals surface area contributed by atoms with E-state index in [2.05, 4.69) is 19.1 Å². The fourth-order valence-electron chi connectivity index (χ4n) is 3.58. The molecule has 138 valence electrons. The Morgan fingerprint density at radius 2 is 1.81 bits per heavy atom. The van der Waals surface area contributed by atoms with Crippen LogP contribution in [0.15, 0.2) is 54.6 Å². The Bertz CT molecular complexity index is 747. The average Bonchev–Trinajstić information content (AvgIpc) is 2.68. The van der Waals surface area contributed by atoms with E-state index >= 15 is 0 Å². The van der Waals surface area contributed by atoms with Crippen LogP contribution < -0.4 is 5.73 Å². The second-order valence-corrected chi connectivity index (χ2v) is 7.24. The molecular weight excluding hydrogens is 324 g/mol. The smallest absolute Gasteiger partial charge is 0.227 e. The molecule has 0 radical (unpaired) electrons. The van der Waals surface area contributed by atoms with Gasteiger partial charge in [0.05, 0.1) is 25.1 Å². The van der Waals surface area contributed by atoms with Gasteiger partial charge in [-0.25, -0.2) is 0 Å². The molecule has 1 heterocycles. The summed E-state index contributed by atoms with van der Waals surface area (Å²) in [6.07, 6.45) is -0.0866. The highest BCUT2D eigenvalue weighted by molar-refractivity contribution is 5.80. The third-order valence-corrected chi connectivity index (χ3v) is 5.36. The van der Waals surface area contributed by atoms with Gasteiger partial charge in [-0.15, -0.1) is 0 Å². The van der Waals surface area contributed by atoms with Gasteiger partial charge in [0.2, 0.25) is 5.91 Å². The van der Waals surface area contributed by atoms with Crippen LogP contribution in [0.2, 0.25) is 0 Å². The van der Waals surface area contributed by atoms with Gasteiger partial charge in [0, 0.05) is 6.04 Å². The number of rotatable bonds is 4. The number of hydrogen-bond acceptors (Lipinski definition) is 3. The highest BCUT2D eigenvalue weighted by atomic mass is 16.5. The van der Waals surface area contributed by atoms with Crippen molar-refractivity contribution < 1.29 is 9.53 Å². The Hall–Kier alpha value is -2.17. The number of benzene rings is 2. The Balaban J connectivity index is 1.76. The standard InChI is InChI=1S/C22H28N2O2/c1-15-9-7-8-12-19(15)20-13-24(16(2)14-26-20)22(25)17(3)21(23)18-10-5-4-6-11-18/h4-12,16-17,20-21H,13-14,23H2,1-3H3. The number of carbonyl (C=O) groups is 1. The maximum atomic E-state index is 13.2. The van der Waals surface area contributed by atoms with Crippen LogP contribution in [0.25, 0.3) is 0 Å². The number of carbonyl (C=O) groups excluding carboxylic acids is 1. The second-order valence-electron chi connectivity index (χ2n) is 7.24. The zero-order chi connectivity index (χ0) is 18.7. The molecule has 1 amide bonds. The summed E-state index contributed by atoms with van der Waals surface area (Å²) in [5.74, 6) is -0.189. The molecule has 3 rings (SSSR count). The van der Waals surface area contributed by atoms with Crippen LogP contribution in [-0.2, 0) is 9.53 Å². The SMILES string of the molecule is Cc1ccccc1C1CN(C(=O)C(C)C(N)c2ccccc2)C(C)CO1. The number of morpholine rings is 1. The minimum Gasteiger partial charge on any atom is -0.370 e. The summed E-state index contributed by atoms with van der Waals surface area (Å²) in [5.41, 5.74) is 9.71. The first-order valence-corrected chi connectivity index (χ1v) is 9.27. The van der Waals surface area contributed by atoms with E-state index in [1.54, 1.807) is 0 Å². The minimum absolute atomic E-state index is 0.0493. The monoisotopic (exact) mass is 352 g/mol. The normalized spacial score (nSPS) is 22.7. The number of amides is 1. The topological polar surface area (TPSA) is 55.6 Å². The van der Waals surface area contributed by atoms with E-state index in [0.717, 1.165) is 11.1 Å². The summed E-state index contributed by atoms with van der Waals surface area (Å²) in [7, 11) is 0. The van der Waals surface area contributed by atoms with E-state index in [4.69, 9.17) is 10.5 Å². The summed E-state index contributed by atoms with van der Waals surface area (Å²) in [5, 5.41) is 0. The summed E-state index contributed by atoms with van der Waals surface area (Å²) < 4.78 is 6.04. The van der Waals surface area contributed by atoms with Crippen molar-refractivity contribution in [3.8, 4) is 0 Å². The van der Waals surface area contributed by atoms with Crippen molar-refractivity contribution >= 4 is 5.91 Å². The fraction of sp³-hybridized carbons (Fsp3) is 0.409. The third-order valence-electron chi connectivity index (χ3n) is 5.36. The van der Waals surface area contributed by atoms with Crippen LogP contribution in [0.4, 0.5) is 0 Å². The lowest BCUT2D eigenvalue weighted by atomic mass is 9.93. The first kappa shape index (κ1) is 18.6. The molecule has 0 saturated carbocycles. The molecule has 2 N–H and O–H groups in total. The van der Waals surface area contributed by atoms with E-state index in [9.17, 15) is 4.79 Å². The van der Waals surface area contributed by atoms with Gasteiger partial charge in [0.25, 0.3) is 0 Å². The Labute approximate surface area is 156 Å². The first-order chi connectivity index (χ1) is 12.5. The van der Waals surface area contributed by atoms with Gasteiger partial charge in [0.1, 0.15) is 6.10 Å². The van der Waals surface area contributed by atoms with Crippen molar-refractivity contribution in [2.75, 3.05) is 13.2 Å². The molecule has 4 unspecified atom stereocenters. The number of hydrogen-bond donors (Lipinski definition) is 1. The predicted molar refractivity (Wildman–Crippen MR) is 104 cm³/mol. The van der Waals surface area contributed by atoms with Crippen LogP contribution in [0.1, 0.15) is 42.7 Å². The van der Waals surface area contributed by atoms with Crippen LogP contribution in [0.5, 0.6) is 0 Å². The lowest BCUT2D eigenvalue weighted by Crippen LogP contribution is -2.51. The molecule has 4 nitrogen and oxygen atoms in total. The predicted octanol–water partition coefficient (Wildman–Crippen LogP) is 3.62. The number of aryl methyl sites for hydroxylation is 1. The van der Waals surface area contributed by atoms with Gasteiger partial charge in [-0.3, -0.25) is 4.79 Å². The summed E-state index contributed by atoms with van der Waals surface area (Å²) in [4.78, 5) is 15.1. The van der Waals surface area contributed by atoms with E-state index in [1.165, 1.54) is 5.56 Å². The quantitative estimate of drug-likeness (QED) is 0.914. The third kappa shape index (κ3) is 3.81. The Kier molecular flexibility index (Phi) is 5.74. The second kappa shape index (κ2) is 8.02. The lowest BCUT2D eigenvalue weighted by Gasteiger charge is -2.40. The van der Waals surface area contributed by atoms with Crippen molar-refractivity contribution in [2.24, 2.45) is 11.7 Å². The first-order valence-electron chi connectivity index (χ1n) is 9.27. The Morgan fingerprint density at radius 3 is 2.50 bits per heavy atom. The summed E-state index contributed by atoms with van der Waals surface area (Å²) >= 11 is 0. The highest BCUT2D eigenvalue weighted by Crippen LogP contribution is 2.30. The Morgan fingerprint density at radius 1 is 1.15 bits per heavy atom. The van der Waals surface area contributed by atoms with Gasteiger partial charge >= 0.3 is 0 Å². The molecule has 2 aromatic rings. The van der Waals surface area contributed by atoms with Crippen LogP contribution in [-0.4, -0.2) is 30.0 Å². The van der Waals surface area contributed by atoms with Gasteiger partial charge in [-0.1, -0.05) is 61.5 Å². The van der Waals surface area contributed by atoms with Crippen molar-refractivity contribution in [3.05, 3.63) is 71.3 Å². The lowest BCUT2D eigenvalue weighted by molar-refractivity contribution is -0.149.